The summed E-state index contributed by atoms with van der Waals surface area (Å²) >= 11 is 0. The Morgan fingerprint density at radius 2 is 2.00 bits per heavy atom. The minimum absolute atomic E-state index is 0.138. The van der Waals surface area contributed by atoms with Crippen molar-refractivity contribution in [3.05, 3.63) is 23.8 Å². The minimum atomic E-state index is -0.527. The molecule has 0 fully saturated rings. The van der Waals surface area contributed by atoms with Crippen LogP contribution >= 0.6 is 0 Å². The number of rotatable bonds is 7. The number of anilines is 1. The number of phenols is 1. The van der Waals surface area contributed by atoms with Crippen molar-refractivity contribution < 1.29 is 24.1 Å². The van der Waals surface area contributed by atoms with Gasteiger partial charge in [-0.2, -0.15) is 0 Å². The highest BCUT2D eigenvalue weighted by atomic mass is 16.6. The Morgan fingerprint density at radius 1 is 1.28 bits per heavy atom. The van der Waals surface area contributed by atoms with Crippen molar-refractivity contribution in [2.75, 3.05) is 39.3 Å². The summed E-state index contributed by atoms with van der Waals surface area (Å²) < 4.78 is 14.9. The molecule has 18 heavy (non-hydrogen) atoms. The maximum atomic E-state index is 11.5. The number of esters is 1. The summed E-state index contributed by atoms with van der Waals surface area (Å²) in [6, 6.07) is 4.20. The molecule has 100 valence electrons. The van der Waals surface area contributed by atoms with Crippen molar-refractivity contribution in [2.45, 2.75) is 0 Å². The van der Waals surface area contributed by atoms with E-state index in [2.05, 4.69) is 0 Å². The maximum absolute atomic E-state index is 11.5. The van der Waals surface area contributed by atoms with Crippen LogP contribution in [0.15, 0.2) is 18.2 Å². The lowest BCUT2D eigenvalue weighted by Crippen LogP contribution is -2.12. The van der Waals surface area contributed by atoms with Crippen molar-refractivity contribution in [1.82, 2.24) is 0 Å². The van der Waals surface area contributed by atoms with E-state index in [0.29, 0.717) is 19.8 Å². The molecule has 0 atom stereocenters. The van der Waals surface area contributed by atoms with E-state index in [1.165, 1.54) is 18.2 Å². The summed E-state index contributed by atoms with van der Waals surface area (Å²) in [5.41, 5.74) is 5.89. The third-order valence-corrected chi connectivity index (χ3v) is 2.16. The highest BCUT2D eigenvalue weighted by Gasteiger charge is 2.09. The number of nitrogen functional groups attached to an aromatic ring is 1. The molecule has 6 heteroatoms. The monoisotopic (exact) mass is 255 g/mol. The molecule has 0 aliphatic carbocycles. The summed E-state index contributed by atoms with van der Waals surface area (Å²) in [6.45, 7) is 1.40. The van der Waals surface area contributed by atoms with Crippen LogP contribution in [-0.2, 0) is 14.2 Å². The van der Waals surface area contributed by atoms with E-state index in [1.807, 2.05) is 0 Å². The van der Waals surface area contributed by atoms with Gasteiger partial charge in [-0.25, -0.2) is 4.79 Å². The molecule has 0 aromatic heterocycles. The molecule has 0 heterocycles. The van der Waals surface area contributed by atoms with Gasteiger partial charge in [-0.1, -0.05) is 0 Å². The van der Waals surface area contributed by atoms with Gasteiger partial charge >= 0.3 is 5.97 Å². The number of phenolic OH excluding ortho intramolecular Hbond substituents is 1. The van der Waals surface area contributed by atoms with Gasteiger partial charge < -0.3 is 25.1 Å². The van der Waals surface area contributed by atoms with Crippen molar-refractivity contribution in [2.24, 2.45) is 0 Å². The Kier molecular flexibility index (Phi) is 5.96. The number of methoxy groups -OCH3 is 1. The number of nitrogens with two attached hydrogens (primary N) is 1. The highest BCUT2D eigenvalue weighted by molar-refractivity contribution is 5.90. The molecule has 1 rings (SSSR count). The molecule has 0 bridgehead atoms. The molecule has 0 amide bonds. The van der Waals surface area contributed by atoms with E-state index >= 15 is 0 Å². The number of hydrogen-bond donors (Lipinski definition) is 2. The van der Waals surface area contributed by atoms with Gasteiger partial charge in [0.15, 0.2) is 0 Å². The van der Waals surface area contributed by atoms with Gasteiger partial charge in [0.1, 0.15) is 12.4 Å². The van der Waals surface area contributed by atoms with Gasteiger partial charge in [-0.05, 0) is 18.2 Å². The van der Waals surface area contributed by atoms with Crippen LogP contribution in [0.2, 0.25) is 0 Å². The summed E-state index contributed by atoms with van der Waals surface area (Å²) in [6.07, 6.45) is 0. The fraction of sp³-hybridized carbons (Fsp3) is 0.417. The molecule has 0 unspecified atom stereocenters. The zero-order valence-corrected chi connectivity index (χ0v) is 10.2. The zero-order valence-electron chi connectivity index (χ0n) is 10.2. The second kappa shape index (κ2) is 7.52. The molecule has 0 aliphatic heterocycles. The van der Waals surface area contributed by atoms with Crippen LogP contribution in [0, 0.1) is 0 Å². The summed E-state index contributed by atoms with van der Waals surface area (Å²) in [7, 11) is 1.58. The molecule has 0 aliphatic rings. The minimum Gasteiger partial charge on any atom is -0.506 e. The van der Waals surface area contributed by atoms with E-state index in [4.69, 9.17) is 19.9 Å². The average Bonchev–Trinajstić information content (AvgIpc) is 2.36. The SMILES string of the molecule is COCCOCCOC(=O)c1ccc(N)c(O)c1. The van der Waals surface area contributed by atoms with Gasteiger partial charge in [-0.3, -0.25) is 0 Å². The number of aromatic hydroxyl groups is 1. The normalized spacial score (nSPS) is 10.3. The van der Waals surface area contributed by atoms with Crippen molar-refractivity contribution >= 4 is 11.7 Å². The first-order valence-corrected chi connectivity index (χ1v) is 5.47. The fourth-order valence-electron chi connectivity index (χ4n) is 1.19. The molecule has 0 saturated carbocycles. The average molecular weight is 255 g/mol. The van der Waals surface area contributed by atoms with E-state index in [-0.39, 0.29) is 23.6 Å². The van der Waals surface area contributed by atoms with Crippen LogP contribution < -0.4 is 5.73 Å². The van der Waals surface area contributed by atoms with E-state index < -0.39 is 5.97 Å². The molecular formula is C12H17NO5. The molecule has 1 aromatic rings. The lowest BCUT2D eigenvalue weighted by atomic mass is 10.2. The quantitative estimate of drug-likeness (QED) is 0.324. The summed E-state index contributed by atoms with van der Waals surface area (Å²) in [4.78, 5) is 11.5. The maximum Gasteiger partial charge on any atom is 0.338 e. The second-order valence-electron chi connectivity index (χ2n) is 3.51. The Bertz CT molecular complexity index is 394. The number of ether oxygens (including phenoxy) is 3. The smallest absolute Gasteiger partial charge is 0.338 e. The van der Waals surface area contributed by atoms with Crippen LogP contribution in [0.3, 0.4) is 0 Å². The number of carbonyl (C=O) groups is 1. The Balaban J connectivity index is 2.30. The third kappa shape index (κ3) is 4.60. The molecular weight excluding hydrogens is 238 g/mol. The topological polar surface area (TPSA) is 91.0 Å². The Hall–Kier alpha value is -1.79. The molecule has 3 N–H and O–H groups in total. The molecule has 6 nitrogen and oxygen atoms in total. The van der Waals surface area contributed by atoms with Crippen molar-refractivity contribution in [3.63, 3.8) is 0 Å². The standard InChI is InChI=1S/C12H17NO5/c1-16-4-5-17-6-7-18-12(15)9-2-3-10(13)11(14)8-9/h2-3,8,14H,4-7,13H2,1H3. The first kappa shape index (κ1) is 14.3. The van der Waals surface area contributed by atoms with Gasteiger partial charge in [0.2, 0.25) is 0 Å². The van der Waals surface area contributed by atoms with Crippen LogP contribution in [0.25, 0.3) is 0 Å². The molecule has 0 radical (unpaired) electrons. The second-order valence-corrected chi connectivity index (χ2v) is 3.51. The largest absolute Gasteiger partial charge is 0.506 e. The number of benzene rings is 1. The van der Waals surface area contributed by atoms with E-state index in [0.717, 1.165) is 0 Å². The molecule has 0 saturated heterocycles. The van der Waals surface area contributed by atoms with E-state index in [9.17, 15) is 9.90 Å². The zero-order chi connectivity index (χ0) is 13.4. The van der Waals surface area contributed by atoms with Gasteiger partial charge in [0.25, 0.3) is 0 Å². The predicted molar refractivity (Wildman–Crippen MR) is 65.5 cm³/mol. The third-order valence-electron chi connectivity index (χ3n) is 2.16. The van der Waals surface area contributed by atoms with Crippen LogP contribution in [0.5, 0.6) is 5.75 Å². The lowest BCUT2D eigenvalue weighted by Gasteiger charge is -2.06. The van der Waals surface area contributed by atoms with Gasteiger partial charge in [0.05, 0.1) is 31.1 Å². The van der Waals surface area contributed by atoms with Crippen molar-refractivity contribution in [3.8, 4) is 5.75 Å². The van der Waals surface area contributed by atoms with Crippen LogP contribution in [0.4, 0.5) is 5.69 Å². The summed E-state index contributed by atoms with van der Waals surface area (Å²) in [5, 5.41) is 9.35. The number of hydrogen-bond acceptors (Lipinski definition) is 6. The summed E-state index contributed by atoms with van der Waals surface area (Å²) in [5.74, 6) is -0.665. The lowest BCUT2D eigenvalue weighted by molar-refractivity contribution is 0.0213. The Morgan fingerprint density at radius 3 is 2.67 bits per heavy atom. The molecule has 1 aromatic carbocycles. The fourth-order valence-corrected chi connectivity index (χ4v) is 1.19. The predicted octanol–water partition coefficient (Wildman–Crippen LogP) is 0.794. The Labute approximate surface area is 105 Å². The number of carbonyl (C=O) groups excluding carboxylic acids is 1. The van der Waals surface area contributed by atoms with Gasteiger partial charge in [-0.15, -0.1) is 0 Å². The van der Waals surface area contributed by atoms with Crippen molar-refractivity contribution in [1.29, 1.82) is 0 Å². The first-order chi connectivity index (χ1) is 8.65. The van der Waals surface area contributed by atoms with E-state index in [1.54, 1.807) is 7.11 Å². The first-order valence-electron chi connectivity index (χ1n) is 5.47. The van der Waals surface area contributed by atoms with Crippen LogP contribution in [-0.4, -0.2) is 44.6 Å². The van der Waals surface area contributed by atoms with Gasteiger partial charge in [0, 0.05) is 7.11 Å². The van der Waals surface area contributed by atoms with Crippen LogP contribution in [0.1, 0.15) is 10.4 Å². The molecule has 0 spiro atoms. The highest BCUT2D eigenvalue weighted by Crippen LogP contribution is 2.20.